The Hall–Kier alpha value is -3.00. The SMILES string of the molecule is COc1ccc(NC(=O)CCn2ccc3ccccc32)cc1NS(C)(=O)=O. The van der Waals surface area contributed by atoms with Gasteiger partial charge in [-0.25, -0.2) is 8.42 Å². The summed E-state index contributed by atoms with van der Waals surface area (Å²) in [5.41, 5.74) is 1.84. The number of hydrogen-bond acceptors (Lipinski definition) is 4. The van der Waals surface area contributed by atoms with Gasteiger partial charge in [0.15, 0.2) is 0 Å². The van der Waals surface area contributed by atoms with Gasteiger partial charge in [-0.2, -0.15) is 0 Å². The fourth-order valence-corrected chi connectivity index (χ4v) is 3.41. The number of anilines is 2. The van der Waals surface area contributed by atoms with Crippen molar-refractivity contribution < 1.29 is 17.9 Å². The van der Waals surface area contributed by atoms with Gasteiger partial charge in [-0.05, 0) is 35.7 Å². The molecule has 0 aliphatic heterocycles. The van der Waals surface area contributed by atoms with E-state index >= 15 is 0 Å². The first kappa shape index (κ1) is 18.8. The Morgan fingerprint density at radius 3 is 2.67 bits per heavy atom. The average molecular weight is 387 g/mol. The van der Waals surface area contributed by atoms with Crippen molar-refractivity contribution in [1.82, 2.24) is 4.57 Å². The second-order valence-corrected chi connectivity index (χ2v) is 7.90. The number of carbonyl (C=O) groups excluding carboxylic acids is 1. The van der Waals surface area contributed by atoms with Gasteiger partial charge >= 0.3 is 0 Å². The number of aryl methyl sites for hydroxylation is 1. The summed E-state index contributed by atoms with van der Waals surface area (Å²) in [6.07, 6.45) is 3.30. The van der Waals surface area contributed by atoms with Crippen molar-refractivity contribution >= 4 is 38.2 Å². The molecule has 8 heteroatoms. The molecule has 7 nitrogen and oxygen atoms in total. The fourth-order valence-electron chi connectivity index (χ4n) is 2.85. The van der Waals surface area contributed by atoms with Crippen LogP contribution < -0.4 is 14.8 Å². The molecule has 0 saturated heterocycles. The average Bonchev–Trinajstić information content (AvgIpc) is 3.02. The molecule has 27 heavy (non-hydrogen) atoms. The van der Waals surface area contributed by atoms with Crippen LogP contribution in [0.1, 0.15) is 6.42 Å². The van der Waals surface area contributed by atoms with Crippen LogP contribution in [0.2, 0.25) is 0 Å². The number of benzene rings is 2. The first-order chi connectivity index (χ1) is 12.9. The molecule has 0 saturated carbocycles. The monoisotopic (exact) mass is 387 g/mol. The minimum Gasteiger partial charge on any atom is -0.495 e. The molecule has 0 fully saturated rings. The molecule has 0 aliphatic carbocycles. The number of aromatic nitrogens is 1. The summed E-state index contributed by atoms with van der Waals surface area (Å²) in [5, 5.41) is 3.92. The summed E-state index contributed by atoms with van der Waals surface area (Å²) in [4.78, 5) is 12.3. The van der Waals surface area contributed by atoms with Crippen molar-refractivity contribution in [3.63, 3.8) is 0 Å². The highest BCUT2D eigenvalue weighted by Gasteiger charge is 2.11. The summed E-state index contributed by atoms with van der Waals surface area (Å²) in [6, 6.07) is 14.8. The first-order valence-corrected chi connectivity index (χ1v) is 10.2. The van der Waals surface area contributed by atoms with Gasteiger partial charge in [-0.3, -0.25) is 9.52 Å². The maximum Gasteiger partial charge on any atom is 0.229 e. The van der Waals surface area contributed by atoms with Gasteiger partial charge in [0.1, 0.15) is 5.75 Å². The summed E-state index contributed by atoms with van der Waals surface area (Å²) < 4.78 is 32.5. The van der Waals surface area contributed by atoms with E-state index in [4.69, 9.17) is 4.74 Å². The van der Waals surface area contributed by atoms with Crippen LogP contribution >= 0.6 is 0 Å². The van der Waals surface area contributed by atoms with Gasteiger partial charge < -0.3 is 14.6 Å². The molecule has 2 aromatic carbocycles. The quantitative estimate of drug-likeness (QED) is 0.652. The molecular weight excluding hydrogens is 366 g/mol. The normalized spacial score (nSPS) is 11.3. The minimum absolute atomic E-state index is 0.164. The summed E-state index contributed by atoms with van der Waals surface area (Å²) >= 11 is 0. The van der Waals surface area contributed by atoms with Gasteiger partial charge in [0.25, 0.3) is 0 Å². The Morgan fingerprint density at radius 1 is 1.15 bits per heavy atom. The Bertz CT molecular complexity index is 1070. The molecule has 1 aromatic heterocycles. The van der Waals surface area contributed by atoms with E-state index in [1.807, 2.05) is 41.1 Å². The zero-order valence-electron chi connectivity index (χ0n) is 15.1. The van der Waals surface area contributed by atoms with Crippen LogP contribution in [0.3, 0.4) is 0 Å². The van der Waals surface area contributed by atoms with E-state index < -0.39 is 10.0 Å². The number of nitrogens with zero attached hydrogens (tertiary/aromatic N) is 1. The van der Waals surface area contributed by atoms with Crippen molar-refractivity contribution in [2.24, 2.45) is 0 Å². The largest absolute Gasteiger partial charge is 0.495 e. The lowest BCUT2D eigenvalue weighted by atomic mass is 10.2. The van der Waals surface area contributed by atoms with Gasteiger partial charge in [-0.15, -0.1) is 0 Å². The molecule has 0 spiro atoms. The third-order valence-electron chi connectivity index (χ3n) is 4.04. The van der Waals surface area contributed by atoms with E-state index in [9.17, 15) is 13.2 Å². The molecule has 0 atom stereocenters. The standard InChI is InChI=1S/C19H21N3O4S/c1-26-18-8-7-15(13-16(18)21-27(2,24)25)20-19(23)10-12-22-11-9-14-5-3-4-6-17(14)22/h3-9,11,13,21H,10,12H2,1-2H3,(H,20,23). The molecule has 0 unspecified atom stereocenters. The van der Waals surface area contributed by atoms with E-state index in [2.05, 4.69) is 10.0 Å². The number of para-hydroxylation sites is 1. The second-order valence-electron chi connectivity index (χ2n) is 6.16. The summed E-state index contributed by atoms with van der Waals surface area (Å²) in [6.45, 7) is 0.546. The summed E-state index contributed by atoms with van der Waals surface area (Å²) in [5.74, 6) is 0.209. The Kier molecular flexibility index (Phi) is 5.36. The van der Waals surface area contributed by atoms with Crippen LogP contribution in [-0.4, -0.2) is 32.3 Å². The minimum atomic E-state index is -3.46. The highest BCUT2D eigenvalue weighted by molar-refractivity contribution is 7.92. The number of fused-ring (bicyclic) bond motifs is 1. The molecule has 3 aromatic rings. The maximum atomic E-state index is 12.3. The Balaban J connectivity index is 1.67. The number of hydrogen-bond donors (Lipinski definition) is 2. The van der Waals surface area contributed by atoms with Crippen LogP contribution in [0.5, 0.6) is 5.75 Å². The van der Waals surface area contributed by atoms with Gasteiger partial charge in [0.05, 0.1) is 19.1 Å². The molecule has 1 amide bonds. The number of sulfonamides is 1. The van der Waals surface area contributed by atoms with Crippen LogP contribution in [0, 0.1) is 0 Å². The Morgan fingerprint density at radius 2 is 1.93 bits per heavy atom. The van der Waals surface area contributed by atoms with Crippen molar-refractivity contribution in [3.8, 4) is 5.75 Å². The van der Waals surface area contributed by atoms with Gasteiger partial charge in [0, 0.05) is 30.4 Å². The number of ether oxygens (including phenoxy) is 1. The molecule has 2 N–H and O–H groups in total. The van der Waals surface area contributed by atoms with E-state index in [0.717, 1.165) is 17.2 Å². The number of amides is 1. The fraction of sp³-hybridized carbons (Fsp3) is 0.211. The molecule has 142 valence electrons. The lowest BCUT2D eigenvalue weighted by molar-refractivity contribution is -0.116. The zero-order valence-corrected chi connectivity index (χ0v) is 15.9. The van der Waals surface area contributed by atoms with Crippen LogP contribution in [-0.2, 0) is 21.4 Å². The van der Waals surface area contributed by atoms with Crippen molar-refractivity contribution in [2.75, 3.05) is 23.4 Å². The van der Waals surface area contributed by atoms with Crippen LogP contribution in [0.25, 0.3) is 10.9 Å². The lowest BCUT2D eigenvalue weighted by Gasteiger charge is -2.12. The Labute approximate surface area is 158 Å². The molecule has 0 radical (unpaired) electrons. The van der Waals surface area contributed by atoms with E-state index in [0.29, 0.717) is 24.4 Å². The van der Waals surface area contributed by atoms with E-state index in [1.54, 1.807) is 12.1 Å². The van der Waals surface area contributed by atoms with Crippen molar-refractivity contribution in [2.45, 2.75) is 13.0 Å². The van der Waals surface area contributed by atoms with Gasteiger partial charge in [0.2, 0.25) is 15.9 Å². The highest BCUT2D eigenvalue weighted by atomic mass is 32.2. The molecular formula is C19H21N3O4S. The number of rotatable bonds is 7. The zero-order chi connectivity index (χ0) is 19.4. The van der Waals surface area contributed by atoms with Crippen LogP contribution in [0.4, 0.5) is 11.4 Å². The first-order valence-electron chi connectivity index (χ1n) is 8.35. The third kappa shape index (κ3) is 4.79. The smallest absolute Gasteiger partial charge is 0.229 e. The third-order valence-corrected chi connectivity index (χ3v) is 4.63. The molecule has 3 rings (SSSR count). The number of methoxy groups -OCH3 is 1. The predicted molar refractivity (Wildman–Crippen MR) is 107 cm³/mol. The maximum absolute atomic E-state index is 12.3. The second kappa shape index (κ2) is 7.71. The lowest BCUT2D eigenvalue weighted by Crippen LogP contribution is -2.15. The van der Waals surface area contributed by atoms with Gasteiger partial charge in [-0.1, -0.05) is 18.2 Å². The van der Waals surface area contributed by atoms with E-state index in [1.165, 1.54) is 13.2 Å². The molecule has 0 aliphatic rings. The van der Waals surface area contributed by atoms with E-state index in [-0.39, 0.29) is 11.6 Å². The van der Waals surface area contributed by atoms with Crippen molar-refractivity contribution in [1.29, 1.82) is 0 Å². The van der Waals surface area contributed by atoms with Crippen LogP contribution in [0.15, 0.2) is 54.7 Å². The summed E-state index contributed by atoms with van der Waals surface area (Å²) in [7, 11) is -2.01. The number of carbonyl (C=O) groups is 1. The highest BCUT2D eigenvalue weighted by Crippen LogP contribution is 2.28. The predicted octanol–water partition coefficient (Wildman–Crippen LogP) is 3.05. The molecule has 0 bridgehead atoms. The van der Waals surface area contributed by atoms with Crippen molar-refractivity contribution in [3.05, 3.63) is 54.7 Å². The topological polar surface area (TPSA) is 89.4 Å². The number of nitrogens with one attached hydrogen (secondary N) is 2. The molecule has 1 heterocycles.